The van der Waals surface area contributed by atoms with Crippen molar-refractivity contribution in [2.75, 3.05) is 13.1 Å². The van der Waals surface area contributed by atoms with Crippen LogP contribution < -0.4 is 0 Å². The Morgan fingerprint density at radius 2 is 2.00 bits per heavy atom. The normalized spacial score (nSPS) is 16.5. The number of aromatic nitrogens is 1. The average molecular weight is 204 g/mol. The van der Waals surface area contributed by atoms with Gasteiger partial charge in [0.1, 0.15) is 11.5 Å². The molecule has 0 spiro atoms. The molecule has 2 rings (SSSR count). The third-order valence-electron chi connectivity index (χ3n) is 2.49. The minimum atomic E-state index is -0.0805. The molecule has 0 aromatic carbocycles. The smallest absolute Gasteiger partial charge is 0.272 e. The lowest BCUT2D eigenvalue weighted by atomic mass is 10.1. The van der Waals surface area contributed by atoms with E-state index in [9.17, 15) is 9.59 Å². The number of ketones is 1. The van der Waals surface area contributed by atoms with Crippen LogP contribution in [0.5, 0.6) is 0 Å². The van der Waals surface area contributed by atoms with Crippen LogP contribution in [-0.4, -0.2) is 34.7 Å². The maximum atomic E-state index is 11.9. The number of likely N-dealkylation sites (tertiary alicyclic amines) is 1. The molecule has 15 heavy (non-hydrogen) atoms. The molecule has 4 nitrogen and oxygen atoms in total. The number of Topliss-reactive ketones (excluding diaryl/α,β-unsaturated/α-hetero) is 1. The minimum Gasteiger partial charge on any atom is -0.336 e. The third-order valence-corrected chi connectivity index (χ3v) is 2.49. The molecule has 0 N–H and O–H groups in total. The molecule has 0 saturated carbocycles. The van der Waals surface area contributed by atoms with Crippen molar-refractivity contribution in [1.29, 1.82) is 0 Å². The van der Waals surface area contributed by atoms with E-state index in [1.165, 1.54) is 0 Å². The Morgan fingerprint density at radius 3 is 2.60 bits per heavy atom. The van der Waals surface area contributed by atoms with E-state index in [1.807, 2.05) is 0 Å². The first-order valence-electron chi connectivity index (χ1n) is 4.99. The van der Waals surface area contributed by atoms with Crippen LogP contribution >= 0.6 is 0 Å². The summed E-state index contributed by atoms with van der Waals surface area (Å²) in [6.45, 7) is 1.04. The van der Waals surface area contributed by atoms with Crippen molar-refractivity contribution in [3.05, 3.63) is 30.1 Å². The number of carbonyl (C=O) groups excluding carboxylic acids is 2. The molecule has 0 unspecified atom stereocenters. The molecule has 0 aliphatic carbocycles. The van der Waals surface area contributed by atoms with Gasteiger partial charge in [0, 0.05) is 32.1 Å². The van der Waals surface area contributed by atoms with Crippen LogP contribution in [0.3, 0.4) is 0 Å². The highest BCUT2D eigenvalue weighted by atomic mass is 16.2. The lowest BCUT2D eigenvalue weighted by Crippen LogP contribution is -2.38. The van der Waals surface area contributed by atoms with Crippen molar-refractivity contribution in [2.45, 2.75) is 12.8 Å². The van der Waals surface area contributed by atoms with Crippen LogP contribution in [0.2, 0.25) is 0 Å². The molecule has 1 aliphatic heterocycles. The number of nitrogens with zero attached hydrogens (tertiary/aromatic N) is 2. The monoisotopic (exact) mass is 204 g/mol. The van der Waals surface area contributed by atoms with Gasteiger partial charge in [0.25, 0.3) is 5.91 Å². The van der Waals surface area contributed by atoms with Crippen molar-refractivity contribution >= 4 is 11.7 Å². The quantitative estimate of drug-likeness (QED) is 0.682. The lowest BCUT2D eigenvalue weighted by Gasteiger charge is -2.25. The minimum absolute atomic E-state index is 0.0805. The summed E-state index contributed by atoms with van der Waals surface area (Å²) in [6, 6.07) is 5.25. The molecule has 78 valence electrons. The Morgan fingerprint density at radius 1 is 1.27 bits per heavy atom. The summed E-state index contributed by atoms with van der Waals surface area (Å²) in [5, 5.41) is 0. The van der Waals surface area contributed by atoms with E-state index in [0.717, 1.165) is 0 Å². The molecule has 1 fully saturated rings. The second kappa shape index (κ2) is 4.21. The van der Waals surface area contributed by atoms with E-state index in [4.69, 9.17) is 0 Å². The van der Waals surface area contributed by atoms with E-state index in [-0.39, 0.29) is 11.7 Å². The molecule has 0 radical (unpaired) electrons. The molecule has 1 amide bonds. The van der Waals surface area contributed by atoms with Crippen molar-refractivity contribution in [3.63, 3.8) is 0 Å². The summed E-state index contributed by atoms with van der Waals surface area (Å²) in [4.78, 5) is 28.6. The molecular weight excluding hydrogens is 192 g/mol. The first-order chi connectivity index (χ1) is 7.27. The van der Waals surface area contributed by atoms with E-state index >= 15 is 0 Å². The average Bonchev–Trinajstić information content (AvgIpc) is 2.30. The summed E-state index contributed by atoms with van der Waals surface area (Å²) in [5.41, 5.74) is 0.451. The zero-order valence-electron chi connectivity index (χ0n) is 8.35. The fraction of sp³-hybridized carbons (Fsp3) is 0.364. The maximum Gasteiger partial charge on any atom is 0.272 e. The Hall–Kier alpha value is -1.71. The van der Waals surface area contributed by atoms with Crippen molar-refractivity contribution in [3.8, 4) is 0 Å². The van der Waals surface area contributed by atoms with Crippen molar-refractivity contribution in [2.24, 2.45) is 0 Å². The predicted octanol–water partition coefficient (Wildman–Crippen LogP) is 0.887. The van der Waals surface area contributed by atoms with Gasteiger partial charge in [-0.1, -0.05) is 6.07 Å². The highest BCUT2D eigenvalue weighted by Gasteiger charge is 2.22. The van der Waals surface area contributed by atoms with Crippen molar-refractivity contribution in [1.82, 2.24) is 9.88 Å². The van der Waals surface area contributed by atoms with Gasteiger partial charge in [-0.15, -0.1) is 0 Å². The zero-order chi connectivity index (χ0) is 10.7. The van der Waals surface area contributed by atoms with Crippen LogP contribution in [0.4, 0.5) is 0 Å². The van der Waals surface area contributed by atoms with Crippen LogP contribution in [0.1, 0.15) is 23.3 Å². The number of carbonyl (C=O) groups is 2. The van der Waals surface area contributed by atoms with E-state index in [0.29, 0.717) is 31.6 Å². The SMILES string of the molecule is O=C1CCN(C(=O)c2ccccn2)CC1. The van der Waals surface area contributed by atoms with Crippen LogP contribution in [0.15, 0.2) is 24.4 Å². The van der Waals surface area contributed by atoms with Gasteiger partial charge in [-0.25, -0.2) is 0 Å². The molecule has 0 atom stereocenters. The number of amides is 1. The third kappa shape index (κ3) is 2.21. The lowest BCUT2D eigenvalue weighted by molar-refractivity contribution is -0.120. The Balaban J connectivity index is 2.06. The summed E-state index contributed by atoms with van der Waals surface area (Å²) in [5.74, 6) is 0.156. The van der Waals surface area contributed by atoms with Crippen LogP contribution in [0, 0.1) is 0 Å². The first kappa shape index (κ1) is 9.83. The van der Waals surface area contributed by atoms with E-state index in [1.54, 1.807) is 29.3 Å². The fourth-order valence-corrected chi connectivity index (χ4v) is 1.61. The summed E-state index contributed by atoms with van der Waals surface area (Å²) in [7, 11) is 0. The van der Waals surface area contributed by atoms with Gasteiger partial charge in [0.05, 0.1) is 0 Å². The summed E-state index contributed by atoms with van der Waals surface area (Å²) < 4.78 is 0. The molecule has 2 heterocycles. The second-order valence-corrected chi connectivity index (χ2v) is 3.55. The highest BCUT2D eigenvalue weighted by Crippen LogP contribution is 2.09. The topological polar surface area (TPSA) is 50.3 Å². The molecule has 4 heteroatoms. The summed E-state index contributed by atoms with van der Waals surface area (Å²) >= 11 is 0. The number of rotatable bonds is 1. The number of hydrogen-bond donors (Lipinski definition) is 0. The molecule has 1 saturated heterocycles. The van der Waals surface area contributed by atoms with Gasteiger partial charge in [0.2, 0.25) is 0 Å². The molecule has 1 aromatic heterocycles. The number of hydrogen-bond acceptors (Lipinski definition) is 3. The maximum absolute atomic E-state index is 11.9. The number of pyridine rings is 1. The number of piperidine rings is 1. The van der Waals surface area contributed by atoms with Crippen LogP contribution in [0.25, 0.3) is 0 Å². The highest BCUT2D eigenvalue weighted by molar-refractivity contribution is 5.93. The van der Waals surface area contributed by atoms with Gasteiger partial charge in [-0.2, -0.15) is 0 Å². The Bertz CT molecular complexity index is 365. The fourth-order valence-electron chi connectivity index (χ4n) is 1.61. The summed E-state index contributed by atoms with van der Waals surface area (Å²) in [6.07, 6.45) is 2.54. The predicted molar refractivity (Wildman–Crippen MR) is 54.4 cm³/mol. The standard InChI is InChI=1S/C11H12N2O2/c14-9-4-7-13(8-5-9)11(15)10-3-1-2-6-12-10/h1-3,6H,4-5,7-8H2. The molecule has 1 aromatic rings. The largest absolute Gasteiger partial charge is 0.336 e. The zero-order valence-corrected chi connectivity index (χ0v) is 8.35. The van der Waals surface area contributed by atoms with Gasteiger partial charge < -0.3 is 4.90 Å². The van der Waals surface area contributed by atoms with E-state index in [2.05, 4.69) is 4.98 Å². The van der Waals surface area contributed by atoms with Gasteiger partial charge >= 0.3 is 0 Å². The van der Waals surface area contributed by atoms with Gasteiger partial charge in [-0.3, -0.25) is 14.6 Å². The van der Waals surface area contributed by atoms with Crippen LogP contribution in [-0.2, 0) is 4.79 Å². The first-order valence-corrected chi connectivity index (χ1v) is 4.99. The molecular formula is C11H12N2O2. The second-order valence-electron chi connectivity index (χ2n) is 3.55. The van der Waals surface area contributed by atoms with Gasteiger partial charge in [0.15, 0.2) is 0 Å². The molecule has 0 bridgehead atoms. The molecule has 1 aliphatic rings. The van der Waals surface area contributed by atoms with Crippen molar-refractivity contribution < 1.29 is 9.59 Å². The van der Waals surface area contributed by atoms with E-state index < -0.39 is 0 Å². The Labute approximate surface area is 87.9 Å². The van der Waals surface area contributed by atoms with Gasteiger partial charge in [-0.05, 0) is 12.1 Å². The Kier molecular flexibility index (Phi) is 2.76.